The number of amides is 1. The van der Waals surface area contributed by atoms with Crippen LogP contribution in [0.3, 0.4) is 0 Å². The molecule has 0 saturated carbocycles. The van der Waals surface area contributed by atoms with Crippen LogP contribution >= 0.6 is 11.6 Å². The molecular formula is C16H20ClN7O4. The minimum absolute atomic E-state index is 0.0961. The summed E-state index contributed by atoms with van der Waals surface area (Å²) in [4.78, 5) is 23.0. The van der Waals surface area contributed by atoms with E-state index in [2.05, 4.69) is 35.2 Å². The minimum Gasteiger partial charge on any atom is -0.490 e. The molecule has 3 rings (SSSR count). The Balaban J connectivity index is 1.62. The van der Waals surface area contributed by atoms with Crippen molar-refractivity contribution in [2.75, 3.05) is 18.9 Å². The molecule has 0 spiro atoms. The van der Waals surface area contributed by atoms with Gasteiger partial charge in [-0.05, 0) is 37.5 Å². The summed E-state index contributed by atoms with van der Waals surface area (Å²) in [6, 6.07) is 0. The number of nitrogens with two attached hydrogens (primary N) is 1. The van der Waals surface area contributed by atoms with Gasteiger partial charge in [0.1, 0.15) is 16.6 Å². The number of pyridine rings is 1. The van der Waals surface area contributed by atoms with Crippen molar-refractivity contribution >= 4 is 34.5 Å². The Hall–Kier alpha value is -3.08. The second-order valence-corrected chi connectivity index (χ2v) is 7.21. The summed E-state index contributed by atoms with van der Waals surface area (Å²) in [6.07, 6.45) is 1.57. The zero-order valence-electron chi connectivity index (χ0n) is 15.6. The number of hydrogen-bond acceptors (Lipinski definition) is 9. The van der Waals surface area contributed by atoms with Gasteiger partial charge in [0.25, 0.3) is 0 Å². The number of halogens is 1. The third-order valence-electron chi connectivity index (χ3n) is 3.43. The van der Waals surface area contributed by atoms with Crippen LogP contribution < -0.4 is 15.8 Å². The molecule has 0 saturated heterocycles. The number of anilines is 1. The molecule has 0 fully saturated rings. The van der Waals surface area contributed by atoms with Crippen molar-refractivity contribution < 1.29 is 18.9 Å². The van der Waals surface area contributed by atoms with Gasteiger partial charge < -0.3 is 25.5 Å². The Kier molecular flexibility index (Phi) is 5.54. The highest BCUT2D eigenvalue weighted by Crippen LogP contribution is 2.31. The van der Waals surface area contributed by atoms with E-state index in [0.29, 0.717) is 42.2 Å². The van der Waals surface area contributed by atoms with Gasteiger partial charge in [-0.1, -0.05) is 11.6 Å². The van der Waals surface area contributed by atoms with Crippen molar-refractivity contribution in [1.29, 1.82) is 0 Å². The largest absolute Gasteiger partial charge is 0.490 e. The van der Waals surface area contributed by atoms with Crippen LogP contribution in [0, 0.1) is 0 Å². The first-order valence-electron chi connectivity index (χ1n) is 8.47. The number of fused-ring (bicyclic) bond motifs is 1. The Bertz CT molecular complexity index is 979. The van der Waals surface area contributed by atoms with Crippen molar-refractivity contribution in [3.8, 4) is 17.3 Å². The average molecular weight is 410 g/mol. The van der Waals surface area contributed by atoms with Crippen molar-refractivity contribution in [2.45, 2.75) is 32.8 Å². The van der Waals surface area contributed by atoms with E-state index in [1.165, 1.54) is 6.20 Å². The predicted molar refractivity (Wildman–Crippen MR) is 101 cm³/mol. The lowest BCUT2D eigenvalue weighted by atomic mass is 10.2. The number of imidazole rings is 1. The summed E-state index contributed by atoms with van der Waals surface area (Å²) in [7, 11) is 0. The SMILES string of the molecule is CC(C)(C)OC(=O)NCCCOc1cnc(Cl)c2nc(-c3nonc3N)[nH]c12. The van der Waals surface area contributed by atoms with Crippen LogP contribution in [0.5, 0.6) is 5.75 Å². The molecule has 4 N–H and O–H groups in total. The third kappa shape index (κ3) is 4.60. The Morgan fingerprint density at radius 1 is 1.39 bits per heavy atom. The number of carbonyl (C=O) groups excluding carboxylic acids is 1. The van der Waals surface area contributed by atoms with Gasteiger partial charge in [-0.25, -0.2) is 19.4 Å². The molecule has 3 aromatic rings. The van der Waals surface area contributed by atoms with Crippen LogP contribution in [0.15, 0.2) is 10.8 Å². The molecule has 0 unspecified atom stereocenters. The van der Waals surface area contributed by atoms with Crippen molar-refractivity contribution in [1.82, 2.24) is 30.6 Å². The first-order chi connectivity index (χ1) is 13.2. The summed E-state index contributed by atoms with van der Waals surface area (Å²) < 4.78 is 15.5. The van der Waals surface area contributed by atoms with Gasteiger partial charge in [0.15, 0.2) is 28.2 Å². The number of nitrogens with one attached hydrogen (secondary N) is 2. The lowest BCUT2D eigenvalue weighted by Crippen LogP contribution is -2.33. The standard InChI is InChI=1S/C16H20ClN7O4/c1-16(2,3)27-15(25)19-5-4-6-26-8-7-20-12(17)10-9(8)21-14(22-10)11-13(18)24-28-23-11/h7H,4-6H2,1-3H3,(H2,18,24)(H,19,25)(H,21,22). The molecule has 0 aliphatic rings. The number of H-pyrrole nitrogens is 1. The number of nitrogen functional groups attached to an aromatic ring is 1. The number of nitrogens with zero attached hydrogens (tertiary/aromatic N) is 4. The molecule has 0 bridgehead atoms. The predicted octanol–water partition coefficient (Wildman–Crippen LogP) is 2.54. The van der Waals surface area contributed by atoms with Gasteiger partial charge in [0.2, 0.25) is 0 Å². The lowest BCUT2D eigenvalue weighted by Gasteiger charge is -2.19. The Morgan fingerprint density at radius 2 is 2.18 bits per heavy atom. The Morgan fingerprint density at radius 3 is 2.86 bits per heavy atom. The molecule has 28 heavy (non-hydrogen) atoms. The van der Waals surface area contributed by atoms with Gasteiger partial charge >= 0.3 is 6.09 Å². The molecule has 12 heteroatoms. The normalized spacial score (nSPS) is 11.6. The fraction of sp³-hybridized carbons (Fsp3) is 0.438. The number of ether oxygens (including phenoxy) is 2. The summed E-state index contributed by atoms with van der Waals surface area (Å²) >= 11 is 6.11. The van der Waals surface area contributed by atoms with Gasteiger partial charge in [-0.3, -0.25) is 0 Å². The fourth-order valence-corrected chi connectivity index (χ4v) is 2.47. The number of alkyl carbamates (subject to hydrolysis) is 1. The molecule has 0 atom stereocenters. The minimum atomic E-state index is -0.539. The van der Waals surface area contributed by atoms with Crippen LogP contribution in [-0.4, -0.2) is 50.1 Å². The monoisotopic (exact) mass is 409 g/mol. The average Bonchev–Trinajstić information content (AvgIpc) is 3.21. The topological polar surface area (TPSA) is 154 Å². The van der Waals surface area contributed by atoms with Gasteiger partial charge in [-0.2, -0.15) is 0 Å². The molecule has 150 valence electrons. The highest BCUT2D eigenvalue weighted by atomic mass is 35.5. The lowest BCUT2D eigenvalue weighted by molar-refractivity contribution is 0.0525. The number of rotatable bonds is 6. The van der Waals surface area contributed by atoms with Crippen molar-refractivity contribution in [3.05, 3.63) is 11.3 Å². The smallest absolute Gasteiger partial charge is 0.407 e. The van der Waals surface area contributed by atoms with Crippen LogP contribution in [0.1, 0.15) is 27.2 Å². The van der Waals surface area contributed by atoms with Gasteiger partial charge in [0, 0.05) is 6.54 Å². The first-order valence-corrected chi connectivity index (χ1v) is 8.84. The zero-order chi connectivity index (χ0) is 20.3. The van der Waals surface area contributed by atoms with E-state index in [9.17, 15) is 4.79 Å². The second kappa shape index (κ2) is 7.89. The molecule has 11 nitrogen and oxygen atoms in total. The summed E-state index contributed by atoms with van der Waals surface area (Å²) in [5, 5.41) is 10.1. The summed E-state index contributed by atoms with van der Waals surface area (Å²) in [5.41, 5.74) is 6.36. The Labute approximate surface area is 164 Å². The fourth-order valence-electron chi connectivity index (χ4n) is 2.28. The number of hydrogen-bond donors (Lipinski definition) is 3. The maximum absolute atomic E-state index is 11.6. The van der Waals surface area contributed by atoms with E-state index in [1.54, 1.807) is 20.8 Å². The van der Waals surface area contributed by atoms with Crippen LogP contribution in [0.4, 0.5) is 10.6 Å². The molecule has 0 aliphatic heterocycles. The molecule has 0 aromatic carbocycles. The van der Waals surface area contributed by atoms with Crippen LogP contribution in [0.2, 0.25) is 5.15 Å². The van der Waals surface area contributed by atoms with Gasteiger partial charge in [-0.15, -0.1) is 0 Å². The van der Waals surface area contributed by atoms with E-state index < -0.39 is 11.7 Å². The van der Waals surface area contributed by atoms with Crippen molar-refractivity contribution in [2.24, 2.45) is 0 Å². The first kappa shape index (κ1) is 19.7. The highest BCUT2D eigenvalue weighted by Gasteiger charge is 2.19. The molecular weight excluding hydrogens is 390 g/mol. The number of aromatic nitrogens is 5. The van der Waals surface area contributed by atoms with Crippen LogP contribution in [0.25, 0.3) is 22.6 Å². The molecule has 0 radical (unpaired) electrons. The maximum atomic E-state index is 11.6. The van der Waals surface area contributed by atoms with E-state index in [4.69, 9.17) is 26.8 Å². The molecule has 0 aliphatic carbocycles. The van der Waals surface area contributed by atoms with Crippen LogP contribution in [-0.2, 0) is 4.74 Å². The number of carbonyl (C=O) groups is 1. The van der Waals surface area contributed by atoms with Gasteiger partial charge in [0.05, 0.1) is 12.8 Å². The molecule has 1 amide bonds. The van der Waals surface area contributed by atoms with E-state index in [0.717, 1.165) is 0 Å². The quantitative estimate of drug-likeness (QED) is 0.411. The zero-order valence-corrected chi connectivity index (χ0v) is 16.3. The third-order valence-corrected chi connectivity index (χ3v) is 3.70. The highest BCUT2D eigenvalue weighted by molar-refractivity contribution is 6.33. The second-order valence-electron chi connectivity index (χ2n) is 6.85. The summed E-state index contributed by atoms with van der Waals surface area (Å²) in [6.45, 7) is 6.13. The van der Waals surface area contributed by atoms with E-state index in [1.807, 2.05) is 0 Å². The van der Waals surface area contributed by atoms with E-state index >= 15 is 0 Å². The summed E-state index contributed by atoms with van der Waals surface area (Å²) in [5.74, 6) is 0.879. The van der Waals surface area contributed by atoms with Crippen molar-refractivity contribution in [3.63, 3.8) is 0 Å². The molecule has 3 heterocycles. The maximum Gasteiger partial charge on any atom is 0.407 e. The van der Waals surface area contributed by atoms with E-state index in [-0.39, 0.29) is 16.7 Å². The molecule has 3 aromatic heterocycles. The number of aromatic amines is 1.